The summed E-state index contributed by atoms with van der Waals surface area (Å²) in [7, 11) is 1.59. The van der Waals surface area contributed by atoms with Crippen molar-refractivity contribution in [1.29, 1.82) is 0 Å². The van der Waals surface area contributed by atoms with Crippen LogP contribution in [0.15, 0.2) is 12.3 Å². The smallest absolute Gasteiger partial charge is 0.232 e. The molecule has 0 amide bonds. The predicted molar refractivity (Wildman–Crippen MR) is 77.4 cm³/mol. The molecule has 102 valence electrons. The molecule has 0 aliphatic rings. The van der Waals surface area contributed by atoms with Crippen molar-refractivity contribution in [3.63, 3.8) is 0 Å². The summed E-state index contributed by atoms with van der Waals surface area (Å²) >= 11 is 6.12. The normalized spacial score (nSPS) is 14.3. The number of pyridine rings is 1. The first-order valence-electron chi connectivity index (χ1n) is 6.73. The molecule has 0 aliphatic heterocycles. The van der Waals surface area contributed by atoms with Gasteiger partial charge in [-0.25, -0.2) is 4.98 Å². The molecule has 0 radical (unpaired) electrons. The zero-order chi connectivity index (χ0) is 13.6. The number of hydrogen-bond acceptors (Lipinski definition) is 2. The van der Waals surface area contributed by atoms with Crippen molar-refractivity contribution < 1.29 is 4.74 Å². The Bertz CT molecular complexity index is 381. The number of halogens is 1. The molecule has 1 heterocycles. The standard InChI is InChI=1S/C15H24ClNO/c1-5-7-8-15(3,6-2)10-12-9-13(16)14(18-4)17-11-12/h9,11H,5-8,10H2,1-4H3. The lowest BCUT2D eigenvalue weighted by Crippen LogP contribution is -2.18. The molecule has 0 aromatic carbocycles. The van der Waals surface area contributed by atoms with Gasteiger partial charge in [-0.1, -0.05) is 51.6 Å². The largest absolute Gasteiger partial charge is 0.480 e. The van der Waals surface area contributed by atoms with Crippen LogP contribution in [-0.4, -0.2) is 12.1 Å². The van der Waals surface area contributed by atoms with E-state index < -0.39 is 0 Å². The highest BCUT2D eigenvalue weighted by molar-refractivity contribution is 6.31. The summed E-state index contributed by atoms with van der Waals surface area (Å²) < 4.78 is 5.08. The Morgan fingerprint density at radius 1 is 1.39 bits per heavy atom. The highest BCUT2D eigenvalue weighted by Gasteiger charge is 2.22. The van der Waals surface area contributed by atoms with E-state index in [0.29, 0.717) is 16.3 Å². The first-order valence-corrected chi connectivity index (χ1v) is 7.11. The molecule has 2 nitrogen and oxygen atoms in total. The molecule has 1 aromatic heterocycles. The Labute approximate surface area is 116 Å². The lowest BCUT2D eigenvalue weighted by Gasteiger charge is -2.28. The van der Waals surface area contributed by atoms with E-state index in [1.54, 1.807) is 7.11 Å². The van der Waals surface area contributed by atoms with Gasteiger partial charge in [0.05, 0.1) is 7.11 Å². The number of methoxy groups -OCH3 is 1. The van der Waals surface area contributed by atoms with Gasteiger partial charge in [0.15, 0.2) is 0 Å². The van der Waals surface area contributed by atoms with Crippen LogP contribution in [0.2, 0.25) is 5.02 Å². The van der Waals surface area contributed by atoms with Gasteiger partial charge >= 0.3 is 0 Å². The first-order chi connectivity index (χ1) is 8.54. The second-order valence-electron chi connectivity index (χ2n) is 5.28. The Hall–Kier alpha value is -0.760. The van der Waals surface area contributed by atoms with Crippen LogP contribution in [-0.2, 0) is 6.42 Å². The summed E-state index contributed by atoms with van der Waals surface area (Å²) in [4.78, 5) is 4.24. The van der Waals surface area contributed by atoms with Gasteiger partial charge in [-0.05, 0) is 29.9 Å². The second kappa shape index (κ2) is 6.98. The molecule has 0 saturated heterocycles. The van der Waals surface area contributed by atoms with Crippen LogP contribution in [0.5, 0.6) is 5.88 Å². The van der Waals surface area contributed by atoms with E-state index in [2.05, 4.69) is 25.8 Å². The zero-order valence-corrected chi connectivity index (χ0v) is 12.7. The molecule has 0 fully saturated rings. The van der Waals surface area contributed by atoms with Gasteiger partial charge in [0.25, 0.3) is 0 Å². The summed E-state index contributed by atoms with van der Waals surface area (Å²) in [5, 5.41) is 0.601. The summed E-state index contributed by atoms with van der Waals surface area (Å²) in [5.41, 5.74) is 1.54. The minimum atomic E-state index is 0.343. The van der Waals surface area contributed by atoms with Crippen molar-refractivity contribution in [2.75, 3.05) is 7.11 Å². The summed E-state index contributed by atoms with van der Waals surface area (Å²) in [6.45, 7) is 6.84. The van der Waals surface area contributed by atoms with Crippen LogP contribution in [0, 0.1) is 5.41 Å². The molecule has 0 aliphatic carbocycles. The number of hydrogen-bond donors (Lipinski definition) is 0. The van der Waals surface area contributed by atoms with E-state index in [1.807, 2.05) is 12.3 Å². The zero-order valence-electron chi connectivity index (χ0n) is 11.9. The van der Waals surface area contributed by atoms with Gasteiger partial charge in [0.2, 0.25) is 5.88 Å². The van der Waals surface area contributed by atoms with Crippen molar-refractivity contribution in [2.24, 2.45) is 5.41 Å². The molecule has 0 N–H and O–H groups in total. The highest BCUT2D eigenvalue weighted by atomic mass is 35.5. The second-order valence-corrected chi connectivity index (χ2v) is 5.69. The predicted octanol–water partition coefficient (Wildman–Crippen LogP) is 4.89. The lowest BCUT2D eigenvalue weighted by molar-refractivity contribution is 0.273. The average Bonchev–Trinajstić information content (AvgIpc) is 2.37. The third-order valence-corrected chi connectivity index (χ3v) is 3.95. The third kappa shape index (κ3) is 4.16. The Kier molecular flexibility index (Phi) is 5.94. The quantitative estimate of drug-likeness (QED) is 0.703. The van der Waals surface area contributed by atoms with E-state index in [0.717, 1.165) is 6.42 Å². The molecule has 0 saturated carbocycles. The molecule has 0 spiro atoms. The number of aromatic nitrogens is 1. The first kappa shape index (κ1) is 15.3. The van der Waals surface area contributed by atoms with Crippen molar-refractivity contribution in [2.45, 2.75) is 52.9 Å². The molecular formula is C15H24ClNO. The van der Waals surface area contributed by atoms with Crippen LogP contribution in [0.4, 0.5) is 0 Å². The molecule has 1 unspecified atom stereocenters. The van der Waals surface area contributed by atoms with E-state index in [1.165, 1.54) is 31.2 Å². The minimum Gasteiger partial charge on any atom is -0.480 e. The molecule has 1 atom stereocenters. The molecule has 1 aromatic rings. The van der Waals surface area contributed by atoms with Crippen LogP contribution in [0.3, 0.4) is 0 Å². The minimum absolute atomic E-state index is 0.343. The summed E-state index contributed by atoms with van der Waals surface area (Å²) in [6, 6.07) is 1.98. The van der Waals surface area contributed by atoms with Gasteiger partial charge in [-0.3, -0.25) is 0 Å². The summed E-state index contributed by atoms with van der Waals surface area (Å²) in [6.07, 6.45) is 7.87. The maximum absolute atomic E-state index is 6.12. The monoisotopic (exact) mass is 269 g/mol. The fourth-order valence-electron chi connectivity index (χ4n) is 2.20. The third-order valence-electron chi connectivity index (χ3n) is 3.68. The number of nitrogens with zero attached hydrogens (tertiary/aromatic N) is 1. The Balaban J connectivity index is 2.78. The van der Waals surface area contributed by atoms with E-state index in [4.69, 9.17) is 16.3 Å². The van der Waals surface area contributed by atoms with Gasteiger partial charge in [-0.15, -0.1) is 0 Å². The summed E-state index contributed by atoms with van der Waals surface area (Å²) in [5.74, 6) is 0.507. The molecule has 0 bridgehead atoms. The maximum atomic E-state index is 6.12. The number of ether oxygens (including phenoxy) is 1. The molecular weight excluding hydrogens is 246 g/mol. The SMILES string of the molecule is CCCCC(C)(CC)Cc1cnc(OC)c(Cl)c1. The van der Waals surface area contributed by atoms with Crippen LogP contribution < -0.4 is 4.74 Å². The van der Waals surface area contributed by atoms with Crippen molar-refractivity contribution in [3.8, 4) is 5.88 Å². The average molecular weight is 270 g/mol. The van der Waals surface area contributed by atoms with Crippen molar-refractivity contribution in [1.82, 2.24) is 4.98 Å². The van der Waals surface area contributed by atoms with Crippen LogP contribution in [0.1, 0.15) is 52.0 Å². The van der Waals surface area contributed by atoms with E-state index >= 15 is 0 Å². The Morgan fingerprint density at radius 2 is 2.11 bits per heavy atom. The van der Waals surface area contributed by atoms with Crippen molar-refractivity contribution in [3.05, 3.63) is 22.8 Å². The van der Waals surface area contributed by atoms with Gasteiger partial charge in [0, 0.05) is 6.20 Å². The molecule has 3 heteroatoms. The highest BCUT2D eigenvalue weighted by Crippen LogP contribution is 2.33. The Morgan fingerprint density at radius 3 is 2.61 bits per heavy atom. The van der Waals surface area contributed by atoms with Crippen molar-refractivity contribution >= 4 is 11.6 Å². The van der Waals surface area contributed by atoms with E-state index in [9.17, 15) is 0 Å². The fourth-order valence-corrected chi connectivity index (χ4v) is 2.46. The fraction of sp³-hybridized carbons (Fsp3) is 0.667. The number of unbranched alkanes of at least 4 members (excludes halogenated alkanes) is 1. The van der Waals surface area contributed by atoms with Gasteiger partial charge in [0.1, 0.15) is 5.02 Å². The lowest BCUT2D eigenvalue weighted by atomic mass is 9.77. The maximum Gasteiger partial charge on any atom is 0.232 e. The van der Waals surface area contributed by atoms with Crippen LogP contribution >= 0.6 is 11.6 Å². The van der Waals surface area contributed by atoms with Crippen LogP contribution in [0.25, 0.3) is 0 Å². The molecule has 1 rings (SSSR count). The molecule has 18 heavy (non-hydrogen) atoms. The van der Waals surface area contributed by atoms with Gasteiger partial charge in [-0.2, -0.15) is 0 Å². The van der Waals surface area contributed by atoms with E-state index in [-0.39, 0.29) is 0 Å². The number of rotatable bonds is 7. The van der Waals surface area contributed by atoms with Gasteiger partial charge < -0.3 is 4.74 Å². The topological polar surface area (TPSA) is 22.1 Å².